The number of hydrogen-bond donors (Lipinski definition) is 1. The zero-order valence-electron chi connectivity index (χ0n) is 18.6. The number of carbonyl (C=O) groups is 2. The van der Waals surface area contributed by atoms with Crippen molar-refractivity contribution in [2.45, 2.75) is 19.5 Å². The van der Waals surface area contributed by atoms with E-state index in [1.807, 2.05) is 37.3 Å². The van der Waals surface area contributed by atoms with E-state index in [1.54, 1.807) is 42.7 Å². The summed E-state index contributed by atoms with van der Waals surface area (Å²) >= 11 is 3.43. The monoisotopic (exact) mass is 518 g/mol. The SMILES string of the molecule is C=CCOc1ccc(C(O)=C2C(=O)C(=O)N(Cc3cccnc3)[C@@H]2c2ccc(Br)cc2)c(C)c1. The molecule has 3 aromatic rings. The highest BCUT2D eigenvalue weighted by molar-refractivity contribution is 9.10. The number of ether oxygens (including phenoxy) is 1. The van der Waals surface area contributed by atoms with Crippen molar-refractivity contribution in [3.8, 4) is 5.75 Å². The molecule has 0 radical (unpaired) electrons. The summed E-state index contributed by atoms with van der Waals surface area (Å²) in [6, 6.07) is 15.4. The number of nitrogens with zero attached hydrogens (tertiary/aromatic N) is 2. The second-order valence-electron chi connectivity index (χ2n) is 7.92. The number of benzene rings is 2. The fraction of sp³-hybridized carbons (Fsp3) is 0.148. The molecule has 6 nitrogen and oxygen atoms in total. The molecule has 1 aromatic heterocycles. The molecule has 0 unspecified atom stereocenters. The van der Waals surface area contributed by atoms with Crippen LogP contribution in [0.15, 0.2) is 89.7 Å². The molecule has 1 atom stereocenters. The Labute approximate surface area is 206 Å². The molecule has 0 spiro atoms. The first-order valence-corrected chi connectivity index (χ1v) is 11.5. The van der Waals surface area contributed by atoms with Crippen molar-refractivity contribution in [1.29, 1.82) is 0 Å². The highest BCUT2D eigenvalue weighted by atomic mass is 79.9. The molecule has 7 heteroatoms. The third-order valence-corrected chi connectivity index (χ3v) is 6.15. The van der Waals surface area contributed by atoms with E-state index in [4.69, 9.17) is 4.74 Å². The van der Waals surface area contributed by atoms with Crippen LogP contribution in [0, 0.1) is 6.92 Å². The number of ketones is 1. The Morgan fingerprint density at radius 2 is 1.97 bits per heavy atom. The number of aliphatic hydroxyl groups is 1. The maximum Gasteiger partial charge on any atom is 0.295 e. The maximum absolute atomic E-state index is 13.2. The molecule has 1 saturated heterocycles. The second-order valence-corrected chi connectivity index (χ2v) is 8.83. The predicted octanol–water partition coefficient (Wildman–Crippen LogP) is 5.34. The van der Waals surface area contributed by atoms with Crippen molar-refractivity contribution < 1.29 is 19.4 Å². The lowest BCUT2D eigenvalue weighted by Gasteiger charge is -2.25. The molecule has 172 valence electrons. The number of likely N-dealkylation sites (tertiary alicyclic amines) is 1. The smallest absolute Gasteiger partial charge is 0.295 e. The largest absolute Gasteiger partial charge is 0.507 e. The Kier molecular flexibility index (Phi) is 6.93. The number of Topliss-reactive ketones (excluding diaryl/α,β-unsaturated/α-hetero) is 1. The van der Waals surface area contributed by atoms with Crippen LogP contribution in [0.25, 0.3) is 5.76 Å². The minimum atomic E-state index is -0.746. The summed E-state index contributed by atoms with van der Waals surface area (Å²) in [4.78, 5) is 31.9. The molecule has 2 heterocycles. The molecule has 1 N–H and O–H groups in total. The first kappa shape index (κ1) is 23.4. The van der Waals surface area contributed by atoms with Crippen LogP contribution in [0.2, 0.25) is 0 Å². The average molecular weight is 519 g/mol. The summed E-state index contributed by atoms with van der Waals surface area (Å²) in [6.45, 7) is 5.99. The van der Waals surface area contributed by atoms with Crippen LogP contribution in [0.1, 0.15) is 28.3 Å². The molecule has 4 rings (SSSR count). The van der Waals surface area contributed by atoms with Gasteiger partial charge in [-0.25, -0.2) is 0 Å². The molecule has 1 fully saturated rings. The molecule has 1 aliphatic rings. The second kappa shape index (κ2) is 10.1. The number of rotatable bonds is 7. The lowest BCUT2D eigenvalue weighted by molar-refractivity contribution is -0.140. The van der Waals surface area contributed by atoms with Crippen LogP contribution in [-0.4, -0.2) is 33.3 Å². The summed E-state index contributed by atoms with van der Waals surface area (Å²) in [5.74, 6) is -0.981. The molecule has 0 aliphatic carbocycles. The van der Waals surface area contributed by atoms with E-state index in [0.29, 0.717) is 23.5 Å². The number of aliphatic hydroxyl groups excluding tert-OH is 1. The molecular formula is C27H23BrN2O4. The zero-order valence-corrected chi connectivity index (χ0v) is 20.2. The van der Waals surface area contributed by atoms with Crippen LogP contribution in [-0.2, 0) is 16.1 Å². The van der Waals surface area contributed by atoms with E-state index in [-0.39, 0.29) is 17.9 Å². The zero-order chi connectivity index (χ0) is 24.2. The number of halogens is 1. The van der Waals surface area contributed by atoms with Gasteiger partial charge in [0.05, 0.1) is 11.6 Å². The van der Waals surface area contributed by atoms with E-state index in [1.165, 1.54) is 4.90 Å². The number of amides is 1. The number of pyridine rings is 1. The highest BCUT2D eigenvalue weighted by Gasteiger charge is 2.46. The molecule has 0 bridgehead atoms. The minimum absolute atomic E-state index is 0.0547. The number of hydrogen-bond acceptors (Lipinski definition) is 5. The maximum atomic E-state index is 13.2. The van der Waals surface area contributed by atoms with Gasteiger partial charge >= 0.3 is 0 Å². The first-order valence-electron chi connectivity index (χ1n) is 10.7. The molecule has 2 aromatic carbocycles. The Hall–Kier alpha value is -3.71. The van der Waals surface area contributed by atoms with E-state index in [2.05, 4.69) is 27.5 Å². The van der Waals surface area contributed by atoms with Crippen LogP contribution < -0.4 is 4.74 Å². The summed E-state index contributed by atoms with van der Waals surface area (Å²) in [5, 5.41) is 11.3. The quantitative estimate of drug-likeness (QED) is 0.197. The van der Waals surface area contributed by atoms with Gasteiger partial charge in [-0.1, -0.05) is 46.8 Å². The van der Waals surface area contributed by atoms with Crippen LogP contribution >= 0.6 is 15.9 Å². The molecule has 34 heavy (non-hydrogen) atoms. The number of aryl methyl sites for hydroxylation is 1. The van der Waals surface area contributed by atoms with Gasteiger partial charge in [0.1, 0.15) is 18.1 Å². The van der Waals surface area contributed by atoms with Gasteiger partial charge in [0, 0.05) is 29.0 Å². The fourth-order valence-corrected chi connectivity index (χ4v) is 4.28. The van der Waals surface area contributed by atoms with Crippen molar-refractivity contribution in [2.24, 2.45) is 0 Å². The van der Waals surface area contributed by atoms with Gasteiger partial charge in [0.25, 0.3) is 11.7 Å². The summed E-state index contributed by atoms with van der Waals surface area (Å²) in [5.41, 5.74) is 2.74. The van der Waals surface area contributed by atoms with Gasteiger partial charge in [0.2, 0.25) is 0 Å². The first-order chi connectivity index (χ1) is 16.4. The van der Waals surface area contributed by atoms with Gasteiger partial charge in [-0.3, -0.25) is 14.6 Å². The summed E-state index contributed by atoms with van der Waals surface area (Å²) in [7, 11) is 0. The van der Waals surface area contributed by atoms with Crippen molar-refractivity contribution in [2.75, 3.05) is 6.61 Å². The van der Waals surface area contributed by atoms with Crippen LogP contribution in [0.5, 0.6) is 5.75 Å². The van der Waals surface area contributed by atoms with Gasteiger partial charge < -0.3 is 14.7 Å². The lowest BCUT2D eigenvalue weighted by atomic mass is 9.94. The lowest BCUT2D eigenvalue weighted by Crippen LogP contribution is -2.29. The van der Waals surface area contributed by atoms with E-state index in [0.717, 1.165) is 15.6 Å². The molecular weight excluding hydrogens is 496 g/mol. The fourth-order valence-electron chi connectivity index (χ4n) is 4.01. The standard InChI is InChI=1S/C27H23BrN2O4/c1-3-13-34-21-10-11-22(17(2)14-21)25(31)23-24(19-6-8-20(28)9-7-19)30(27(33)26(23)32)16-18-5-4-12-29-15-18/h3-12,14-15,24,31H,1,13,16H2,2H3/t24-/m1/s1. The Morgan fingerprint density at radius 1 is 1.21 bits per heavy atom. The molecule has 0 saturated carbocycles. The average Bonchev–Trinajstić information content (AvgIpc) is 3.08. The van der Waals surface area contributed by atoms with Crippen molar-refractivity contribution in [3.05, 3.63) is 112 Å². The minimum Gasteiger partial charge on any atom is -0.507 e. The van der Waals surface area contributed by atoms with Crippen molar-refractivity contribution in [3.63, 3.8) is 0 Å². The van der Waals surface area contributed by atoms with Gasteiger partial charge in [0.15, 0.2) is 0 Å². The van der Waals surface area contributed by atoms with Gasteiger partial charge in [-0.15, -0.1) is 0 Å². The molecule has 1 aliphatic heterocycles. The summed E-state index contributed by atoms with van der Waals surface area (Å²) in [6.07, 6.45) is 4.95. The Morgan fingerprint density at radius 3 is 2.62 bits per heavy atom. The Bertz CT molecular complexity index is 1270. The number of aromatic nitrogens is 1. The van der Waals surface area contributed by atoms with Gasteiger partial charge in [-0.05, 0) is 60.0 Å². The van der Waals surface area contributed by atoms with Crippen LogP contribution in [0.4, 0.5) is 0 Å². The van der Waals surface area contributed by atoms with Crippen molar-refractivity contribution in [1.82, 2.24) is 9.88 Å². The van der Waals surface area contributed by atoms with E-state index in [9.17, 15) is 14.7 Å². The van der Waals surface area contributed by atoms with E-state index < -0.39 is 17.7 Å². The predicted molar refractivity (Wildman–Crippen MR) is 133 cm³/mol. The summed E-state index contributed by atoms with van der Waals surface area (Å²) < 4.78 is 6.43. The highest BCUT2D eigenvalue weighted by Crippen LogP contribution is 2.41. The van der Waals surface area contributed by atoms with Crippen LogP contribution in [0.3, 0.4) is 0 Å². The number of carbonyl (C=O) groups excluding carboxylic acids is 2. The Balaban J connectivity index is 1.82. The topological polar surface area (TPSA) is 79.7 Å². The third kappa shape index (κ3) is 4.65. The third-order valence-electron chi connectivity index (χ3n) is 5.62. The van der Waals surface area contributed by atoms with Crippen molar-refractivity contribution >= 4 is 33.4 Å². The van der Waals surface area contributed by atoms with E-state index >= 15 is 0 Å². The van der Waals surface area contributed by atoms with Gasteiger partial charge in [-0.2, -0.15) is 0 Å². The normalized spacial score (nSPS) is 17.1. The molecule has 1 amide bonds.